The van der Waals surface area contributed by atoms with Gasteiger partial charge in [-0.2, -0.15) is 11.3 Å². The lowest BCUT2D eigenvalue weighted by molar-refractivity contribution is 0.550. The largest absolute Gasteiger partial charge is 0.318 e. The molecular weight excluding hydrogens is 308 g/mol. The van der Waals surface area contributed by atoms with Gasteiger partial charge in [-0.15, -0.1) is 0 Å². The number of hydrogen-bond donors (Lipinski definition) is 1. The van der Waals surface area contributed by atoms with Crippen LogP contribution in [-0.2, 0) is 5.54 Å². The summed E-state index contributed by atoms with van der Waals surface area (Å²) in [5.41, 5.74) is 6.48. The Kier molecular flexibility index (Phi) is 3.34. The first-order valence-electron chi connectivity index (χ1n) is 4.89. The van der Waals surface area contributed by atoms with Gasteiger partial charge in [-0.25, -0.2) is 8.78 Å². The summed E-state index contributed by atoms with van der Waals surface area (Å²) < 4.78 is 27.2. The van der Waals surface area contributed by atoms with Crippen LogP contribution in [0, 0.1) is 11.6 Å². The van der Waals surface area contributed by atoms with E-state index in [9.17, 15) is 8.78 Å². The summed E-state index contributed by atoms with van der Waals surface area (Å²) in [7, 11) is 0. The van der Waals surface area contributed by atoms with Gasteiger partial charge in [0.1, 0.15) is 11.6 Å². The Labute approximate surface area is 110 Å². The monoisotopic (exact) mass is 317 g/mol. The predicted octanol–water partition coefficient (Wildman–Crippen LogP) is 4.01. The van der Waals surface area contributed by atoms with Gasteiger partial charge in [0.2, 0.25) is 0 Å². The van der Waals surface area contributed by atoms with E-state index >= 15 is 0 Å². The van der Waals surface area contributed by atoms with Crippen LogP contribution in [0.1, 0.15) is 18.1 Å². The third kappa shape index (κ3) is 2.41. The zero-order chi connectivity index (χ0) is 12.6. The molecule has 1 unspecified atom stereocenters. The molecule has 0 amide bonds. The molecule has 2 N–H and O–H groups in total. The summed E-state index contributed by atoms with van der Waals surface area (Å²) in [5.74, 6) is -1.24. The molecule has 17 heavy (non-hydrogen) atoms. The molecule has 0 radical (unpaired) electrons. The maximum atomic E-state index is 13.2. The third-order valence-corrected chi connectivity index (χ3v) is 4.34. The number of hydrogen-bond acceptors (Lipinski definition) is 2. The van der Waals surface area contributed by atoms with Gasteiger partial charge >= 0.3 is 0 Å². The summed E-state index contributed by atoms with van der Waals surface area (Å²) in [5, 5.41) is 3.75. The van der Waals surface area contributed by atoms with E-state index < -0.39 is 17.2 Å². The van der Waals surface area contributed by atoms with Crippen molar-refractivity contribution >= 4 is 27.3 Å². The molecule has 0 fully saturated rings. The van der Waals surface area contributed by atoms with Gasteiger partial charge in [-0.3, -0.25) is 0 Å². The van der Waals surface area contributed by atoms with Crippen molar-refractivity contribution in [2.24, 2.45) is 5.73 Å². The highest BCUT2D eigenvalue weighted by atomic mass is 79.9. The van der Waals surface area contributed by atoms with E-state index in [4.69, 9.17) is 5.73 Å². The van der Waals surface area contributed by atoms with E-state index in [0.717, 1.165) is 16.1 Å². The van der Waals surface area contributed by atoms with E-state index in [1.165, 1.54) is 23.5 Å². The van der Waals surface area contributed by atoms with E-state index in [1.807, 2.05) is 10.8 Å². The van der Waals surface area contributed by atoms with Crippen LogP contribution in [0.4, 0.5) is 8.78 Å². The third-order valence-electron chi connectivity index (χ3n) is 2.64. The topological polar surface area (TPSA) is 26.0 Å². The van der Waals surface area contributed by atoms with Gasteiger partial charge in [0.05, 0.1) is 5.54 Å². The van der Waals surface area contributed by atoms with E-state index in [2.05, 4.69) is 15.9 Å². The Morgan fingerprint density at radius 3 is 2.24 bits per heavy atom. The molecule has 1 atom stereocenters. The zero-order valence-electron chi connectivity index (χ0n) is 9.01. The maximum absolute atomic E-state index is 13.2. The molecule has 5 heteroatoms. The van der Waals surface area contributed by atoms with Crippen LogP contribution in [0.25, 0.3) is 0 Å². The van der Waals surface area contributed by atoms with Crippen molar-refractivity contribution in [3.05, 3.63) is 56.2 Å². The molecule has 0 aliphatic carbocycles. The van der Waals surface area contributed by atoms with E-state index in [0.29, 0.717) is 5.56 Å². The smallest absolute Gasteiger partial charge is 0.126 e. The first-order valence-corrected chi connectivity index (χ1v) is 6.62. The molecule has 90 valence electrons. The van der Waals surface area contributed by atoms with Crippen molar-refractivity contribution in [3.8, 4) is 0 Å². The normalized spacial score (nSPS) is 14.6. The number of rotatable bonds is 2. The molecule has 1 aromatic carbocycles. The van der Waals surface area contributed by atoms with Crippen LogP contribution in [0.15, 0.2) is 33.4 Å². The highest BCUT2D eigenvalue weighted by molar-refractivity contribution is 9.10. The minimum atomic E-state index is -0.929. The van der Waals surface area contributed by atoms with Crippen molar-refractivity contribution in [2.45, 2.75) is 12.5 Å². The predicted molar refractivity (Wildman–Crippen MR) is 69.0 cm³/mol. The lowest BCUT2D eigenvalue weighted by atomic mass is 9.87. The summed E-state index contributed by atoms with van der Waals surface area (Å²) in [6, 6.07) is 3.35. The summed E-state index contributed by atoms with van der Waals surface area (Å²) in [6.45, 7) is 1.73. The van der Waals surface area contributed by atoms with Crippen molar-refractivity contribution < 1.29 is 8.78 Å². The van der Waals surface area contributed by atoms with Crippen LogP contribution in [0.2, 0.25) is 0 Å². The first kappa shape index (κ1) is 12.7. The molecule has 1 aromatic heterocycles. The maximum Gasteiger partial charge on any atom is 0.126 e. The molecule has 0 aliphatic rings. The van der Waals surface area contributed by atoms with E-state index in [-0.39, 0.29) is 0 Å². The summed E-state index contributed by atoms with van der Waals surface area (Å²) in [4.78, 5) is 0. The van der Waals surface area contributed by atoms with Gasteiger partial charge in [0.25, 0.3) is 0 Å². The highest BCUT2D eigenvalue weighted by Gasteiger charge is 2.27. The molecule has 2 aromatic rings. The van der Waals surface area contributed by atoms with E-state index in [1.54, 1.807) is 6.92 Å². The molecule has 0 aliphatic heterocycles. The summed E-state index contributed by atoms with van der Waals surface area (Å²) >= 11 is 4.86. The van der Waals surface area contributed by atoms with Gasteiger partial charge in [-0.05, 0) is 45.9 Å². The Morgan fingerprint density at radius 2 is 1.76 bits per heavy atom. The molecule has 0 saturated carbocycles. The molecule has 0 bridgehead atoms. The standard InChI is InChI=1S/C12H10BrF2NS/c1-12(16,10-5-17-6-11(10)13)7-2-8(14)4-9(15)3-7/h2-6H,16H2,1H3. The Morgan fingerprint density at radius 1 is 1.18 bits per heavy atom. The van der Waals surface area contributed by atoms with Crippen LogP contribution < -0.4 is 5.73 Å². The number of halogens is 3. The number of nitrogens with two attached hydrogens (primary N) is 1. The highest BCUT2D eigenvalue weighted by Crippen LogP contribution is 2.34. The molecular formula is C12H10BrF2NS. The zero-order valence-corrected chi connectivity index (χ0v) is 11.4. The van der Waals surface area contributed by atoms with Crippen LogP contribution in [0.5, 0.6) is 0 Å². The fraction of sp³-hybridized carbons (Fsp3) is 0.167. The fourth-order valence-corrected chi connectivity index (χ4v) is 3.49. The van der Waals surface area contributed by atoms with Crippen molar-refractivity contribution in [3.63, 3.8) is 0 Å². The van der Waals surface area contributed by atoms with Crippen LogP contribution >= 0.6 is 27.3 Å². The first-order chi connectivity index (χ1) is 7.91. The lowest BCUT2D eigenvalue weighted by Crippen LogP contribution is -2.34. The fourth-order valence-electron chi connectivity index (χ4n) is 1.66. The Balaban J connectivity index is 2.55. The van der Waals surface area contributed by atoms with Crippen molar-refractivity contribution in [1.29, 1.82) is 0 Å². The Hall–Kier alpha value is -0.780. The number of thiophene rings is 1. The summed E-state index contributed by atoms with van der Waals surface area (Å²) in [6.07, 6.45) is 0. The van der Waals surface area contributed by atoms with Gasteiger partial charge in [0.15, 0.2) is 0 Å². The second kappa shape index (κ2) is 4.48. The van der Waals surface area contributed by atoms with Crippen molar-refractivity contribution in [2.75, 3.05) is 0 Å². The lowest BCUT2D eigenvalue weighted by Gasteiger charge is -2.25. The molecule has 1 heterocycles. The number of benzene rings is 1. The molecule has 2 rings (SSSR count). The van der Waals surface area contributed by atoms with Crippen molar-refractivity contribution in [1.82, 2.24) is 0 Å². The molecule has 0 saturated heterocycles. The molecule has 1 nitrogen and oxygen atoms in total. The minimum absolute atomic E-state index is 0.411. The Bertz CT molecular complexity index is 531. The van der Waals surface area contributed by atoms with Gasteiger partial charge < -0.3 is 5.73 Å². The average molecular weight is 318 g/mol. The second-order valence-electron chi connectivity index (χ2n) is 3.99. The van der Waals surface area contributed by atoms with Gasteiger partial charge in [-0.1, -0.05) is 0 Å². The quantitative estimate of drug-likeness (QED) is 0.889. The van der Waals surface area contributed by atoms with Crippen LogP contribution in [0.3, 0.4) is 0 Å². The molecule has 0 spiro atoms. The minimum Gasteiger partial charge on any atom is -0.318 e. The SMILES string of the molecule is CC(N)(c1cc(F)cc(F)c1)c1cscc1Br. The van der Waals surface area contributed by atoms with Crippen LogP contribution in [-0.4, -0.2) is 0 Å². The van der Waals surface area contributed by atoms with Gasteiger partial charge in [0, 0.05) is 21.5 Å². The second-order valence-corrected chi connectivity index (χ2v) is 5.59. The average Bonchev–Trinajstić information content (AvgIpc) is 2.63.